The molecule has 0 radical (unpaired) electrons. The molecule has 0 N–H and O–H groups in total. The highest BCUT2D eigenvalue weighted by Gasteiger charge is 2.26. The standard InChI is InChI=1S/C34H36ClN3O4S/c1-25-7-17-32(18-8-25)43(40,41)38(23-28-9-11-29(35)12-10-28)30-13-15-31(16-14-30)42-24-34(39)37-21-19-36(20-22-37)33-6-4-5-26(2)27(33)3/h4-18H,19-24H2,1-3H3. The first-order chi connectivity index (χ1) is 20.6. The number of halogens is 1. The highest BCUT2D eigenvalue weighted by Crippen LogP contribution is 2.29. The molecule has 7 nitrogen and oxygen atoms in total. The molecule has 1 aliphatic rings. The molecule has 43 heavy (non-hydrogen) atoms. The second-order valence-electron chi connectivity index (χ2n) is 10.8. The van der Waals surface area contributed by atoms with Crippen molar-refractivity contribution in [2.45, 2.75) is 32.2 Å². The van der Waals surface area contributed by atoms with Crippen LogP contribution < -0.4 is 13.9 Å². The third-order valence-electron chi connectivity index (χ3n) is 7.88. The quantitative estimate of drug-likeness (QED) is 0.218. The number of nitrogens with zero attached hydrogens (tertiary/aromatic N) is 3. The zero-order valence-corrected chi connectivity index (χ0v) is 26.2. The summed E-state index contributed by atoms with van der Waals surface area (Å²) in [6, 6.07) is 27.0. The Labute approximate surface area is 259 Å². The van der Waals surface area contributed by atoms with Crippen LogP contribution in [-0.2, 0) is 21.4 Å². The van der Waals surface area contributed by atoms with Gasteiger partial charge in [0.1, 0.15) is 5.75 Å². The Morgan fingerprint density at radius 1 is 0.837 bits per heavy atom. The number of benzene rings is 4. The molecule has 0 aliphatic carbocycles. The van der Waals surface area contributed by atoms with E-state index in [1.165, 1.54) is 21.1 Å². The summed E-state index contributed by atoms with van der Waals surface area (Å²) in [5.74, 6) is 0.418. The molecular weight excluding hydrogens is 582 g/mol. The van der Waals surface area contributed by atoms with E-state index < -0.39 is 10.0 Å². The van der Waals surface area contributed by atoms with Gasteiger partial charge in [-0.25, -0.2) is 8.42 Å². The maximum atomic E-state index is 13.8. The van der Waals surface area contributed by atoms with Gasteiger partial charge in [0.05, 0.1) is 17.1 Å². The summed E-state index contributed by atoms with van der Waals surface area (Å²) < 4.78 is 34.7. The zero-order valence-electron chi connectivity index (χ0n) is 24.7. The van der Waals surface area contributed by atoms with Crippen LogP contribution in [0.15, 0.2) is 95.9 Å². The molecule has 1 heterocycles. The van der Waals surface area contributed by atoms with Gasteiger partial charge in [-0.3, -0.25) is 9.10 Å². The topological polar surface area (TPSA) is 70.2 Å². The summed E-state index contributed by atoms with van der Waals surface area (Å²) in [5.41, 5.74) is 6.00. The predicted molar refractivity (Wildman–Crippen MR) is 173 cm³/mol. The lowest BCUT2D eigenvalue weighted by Crippen LogP contribution is -2.50. The average molecular weight is 618 g/mol. The maximum Gasteiger partial charge on any atom is 0.264 e. The number of hydrogen-bond donors (Lipinski definition) is 0. The van der Waals surface area contributed by atoms with Crippen molar-refractivity contribution in [3.8, 4) is 5.75 Å². The van der Waals surface area contributed by atoms with Gasteiger partial charge in [0.15, 0.2) is 6.61 Å². The lowest BCUT2D eigenvalue weighted by molar-refractivity contribution is -0.133. The summed E-state index contributed by atoms with van der Waals surface area (Å²) in [4.78, 5) is 17.3. The van der Waals surface area contributed by atoms with Crippen LogP contribution >= 0.6 is 11.6 Å². The Hall–Kier alpha value is -4.01. The zero-order chi connectivity index (χ0) is 30.6. The van der Waals surface area contributed by atoms with Crippen LogP contribution in [0.2, 0.25) is 5.02 Å². The smallest absolute Gasteiger partial charge is 0.264 e. The number of aryl methyl sites for hydroxylation is 2. The van der Waals surface area contributed by atoms with E-state index in [0.29, 0.717) is 29.5 Å². The summed E-state index contributed by atoms with van der Waals surface area (Å²) in [7, 11) is -3.87. The van der Waals surface area contributed by atoms with E-state index in [-0.39, 0.29) is 24.0 Å². The Morgan fingerprint density at radius 2 is 1.49 bits per heavy atom. The van der Waals surface area contributed by atoms with E-state index in [1.54, 1.807) is 60.7 Å². The number of ether oxygens (including phenoxy) is 1. The van der Waals surface area contributed by atoms with Gasteiger partial charge in [0.25, 0.3) is 15.9 Å². The molecule has 0 saturated carbocycles. The van der Waals surface area contributed by atoms with E-state index in [1.807, 2.05) is 24.0 Å². The van der Waals surface area contributed by atoms with Gasteiger partial charge in [-0.1, -0.05) is 53.6 Å². The molecule has 5 rings (SSSR count). The SMILES string of the molecule is Cc1ccc(S(=O)(=O)N(Cc2ccc(Cl)cc2)c2ccc(OCC(=O)N3CCN(c4cccc(C)c4C)CC3)cc2)cc1. The van der Waals surface area contributed by atoms with Crippen molar-refractivity contribution in [2.75, 3.05) is 42.0 Å². The first-order valence-corrected chi connectivity index (χ1v) is 16.1. The number of piperazine rings is 1. The molecule has 0 unspecified atom stereocenters. The van der Waals surface area contributed by atoms with Crippen molar-refractivity contribution >= 4 is 38.9 Å². The van der Waals surface area contributed by atoms with E-state index in [0.717, 1.165) is 24.2 Å². The normalized spacial score (nSPS) is 13.6. The Kier molecular flexibility index (Phi) is 9.28. The van der Waals surface area contributed by atoms with Crippen LogP contribution in [0.1, 0.15) is 22.3 Å². The molecule has 4 aromatic carbocycles. The van der Waals surface area contributed by atoms with Crippen LogP contribution in [0.4, 0.5) is 11.4 Å². The van der Waals surface area contributed by atoms with Crippen molar-refractivity contribution in [1.29, 1.82) is 0 Å². The monoisotopic (exact) mass is 617 g/mol. The molecule has 4 aromatic rings. The fourth-order valence-corrected chi connectivity index (χ4v) is 6.71. The van der Waals surface area contributed by atoms with E-state index in [2.05, 4.69) is 36.9 Å². The van der Waals surface area contributed by atoms with Gasteiger partial charge >= 0.3 is 0 Å². The van der Waals surface area contributed by atoms with Crippen molar-refractivity contribution in [3.63, 3.8) is 0 Å². The number of hydrogen-bond acceptors (Lipinski definition) is 5. The van der Waals surface area contributed by atoms with Gasteiger partial charge < -0.3 is 14.5 Å². The average Bonchev–Trinajstić information content (AvgIpc) is 3.01. The lowest BCUT2D eigenvalue weighted by atomic mass is 10.1. The number of rotatable bonds is 9. The maximum absolute atomic E-state index is 13.8. The van der Waals surface area contributed by atoms with E-state index in [4.69, 9.17) is 16.3 Å². The van der Waals surface area contributed by atoms with E-state index in [9.17, 15) is 13.2 Å². The fraction of sp³-hybridized carbons (Fsp3) is 0.265. The van der Waals surface area contributed by atoms with Crippen LogP contribution in [-0.4, -0.2) is 52.0 Å². The molecule has 224 valence electrons. The van der Waals surface area contributed by atoms with Gasteiger partial charge in [-0.05, 0) is 92.1 Å². The fourth-order valence-electron chi connectivity index (χ4n) is 5.13. The van der Waals surface area contributed by atoms with Crippen molar-refractivity contribution < 1.29 is 17.9 Å². The minimum Gasteiger partial charge on any atom is -0.484 e. The highest BCUT2D eigenvalue weighted by molar-refractivity contribution is 7.92. The number of carbonyl (C=O) groups excluding carboxylic acids is 1. The molecule has 1 amide bonds. The molecular formula is C34H36ClN3O4S. The van der Waals surface area contributed by atoms with Crippen LogP contribution in [0.25, 0.3) is 0 Å². The number of sulfonamides is 1. The van der Waals surface area contributed by atoms with Gasteiger partial charge in [0, 0.05) is 36.9 Å². The van der Waals surface area contributed by atoms with Crippen LogP contribution in [0.3, 0.4) is 0 Å². The largest absolute Gasteiger partial charge is 0.484 e. The molecule has 1 fully saturated rings. The van der Waals surface area contributed by atoms with Crippen molar-refractivity contribution in [1.82, 2.24) is 4.90 Å². The summed E-state index contributed by atoms with van der Waals surface area (Å²) in [6.45, 7) is 9.00. The Balaban J connectivity index is 1.24. The minimum absolute atomic E-state index is 0.0731. The number of carbonyl (C=O) groups is 1. The number of anilines is 2. The van der Waals surface area contributed by atoms with Crippen LogP contribution in [0.5, 0.6) is 5.75 Å². The molecule has 1 saturated heterocycles. The molecule has 0 aromatic heterocycles. The highest BCUT2D eigenvalue weighted by atomic mass is 35.5. The van der Waals surface area contributed by atoms with Gasteiger partial charge in [0.2, 0.25) is 0 Å². The number of amides is 1. The third kappa shape index (κ3) is 7.14. The molecule has 0 spiro atoms. The first-order valence-electron chi connectivity index (χ1n) is 14.3. The lowest BCUT2D eigenvalue weighted by Gasteiger charge is -2.37. The second-order valence-corrected chi connectivity index (χ2v) is 13.1. The predicted octanol–water partition coefficient (Wildman–Crippen LogP) is 6.39. The molecule has 0 bridgehead atoms. The van der Waals surface area contributed by atoms with Crippen LogP contribution in [0, 0.1) is 20.8 Å². The van der Waals surface area contributed by atoms with Crippen molar-refractivity contribution in [2.24, 2.45) is 0 Å². The summed E-state index contributed by atoms with van der Waals surface area (Å²) >= 11 is 6.05. The molecule has 9 heteroatoms. The Morgan fingerprint density at radius 3 is 2.14 bits per heavy atom. The van der Waals surface area contributed by atoms with Crippen molar-refractivity contribution in [3.05, 3.63) is 118 Å². The van der Waals surface area contributed by atoms with Gasteiger partial charge in [-0.15, -0.1) is 0 Å². The first kappa shape index (κ1) is 30.4. The van der Waals surface area contributed by atoms with Gasteiger partial charge in [-0.2, -0.15) is 0 Å². The molecule has 0 atom stereocenters. The van der Waals surface area contributed by atoms with E-state index >= 15 is 0 Å². The Bertz CT molecular complexity index is 1670. The summed E-state index contributed by atoms with van der Waals surface area (Å²) in [5, 5.41) is 0.580. The minimum atomic E-state index is -3.87. The summed E-state index contributed by atoms with van der Waals surface area (Å²) in [6.07, 6.45) is 0. The second kappa shape index (κ2) is 13.1. The molecule has 1 aliphatic heterocycles. The third-order valence-corrected chi connectivity index (χ3v) is 9.92.